The molecule has 1 heterocycles. The molecule has 0 atom stereocenters. The lowest BCUT2D eigenvalue weighted by Crippen LogP contribution is -2.14. The second-order valence-corrected chi connectivity index (χ2v) is 8.07. The van der Waals surface area contributed by atoms with Gasteiger partial charge in [0, 0.05) is 16.1 Å². The lowest BCUT2D eigenvalue weighted by atomic mass is 10.1. The number of nitriles is 1. The summed E-state index contributed by atoms with van der Waals surface area (Å²) in [5.41, 5.74) is 1.13. The second-order valence-electron chi connectivity index (χ2n) is 6.01. The van der Waals surface area contributed by atoms with Crippen LogP contribution in [0.4, 0.5) is 0 Å². The summed E-state index contributed by atoms with van der Waals surface area (Å²) in [6, 6.07) is 12.8. The Kier molecular flexibility index (Phi) is 7.43. The molecule has 0 saturated heterocycles. The molecule has 154 valence electrons. The first-order valence-electron chi connectivity index (χ1n) is 8.89. The summed E-state index contributed by atoms with van der Waals surface area (Å²) in [5.74, 6) is 0.958. The van der Waals surface area contributed by atoms with Gasteiger partial charge in [0.1, 0.15) is 18.2 Å². The van der Waals surface area contributed by atoms with E-state index in [1.165, 1.54) is 11.8 Å². The molecule has 6 nitrogen and oxygen atoms in total. The molecule has 0 aliphatic carbocycles. The van der Waals surface area contributed by atoms with Crippen LogP contribution in [0.2, 0.25) is 5.02 Å². The van der Waals surface area contributed by atoms with Crippen LogP contribution in [-0.2, 0) is 6.61 Å². The Morgan fingerprint density at radius 1 is 1.30 bits per heavy atom. The highest BCUT2D eigenvalue weighted by molar-refractivity contribution is 9.10. The fourth-order valence-electron chi connectivity index (χ4n) is 2.73. The molecular weight excluding hydrogens is 490 g/mol. The van der Waals surface area contributed by atoms with Gasteiger partial charge in [0.2, 0.25) is 0 Å². The van der Waals surface area contributed by atoms with Crippen molar-refractivity contribution < 1.29 is 9.47 Å². The molecule has 1 aromatic heterocycles. The molecule has 0 amide bonds. The molecule has 0 bridgehead atoms. The molecule has 0 spiro atoms. The van der Waals surface area contributed by atoms with E-state index in [0.717, 1.165) is 5.56 Å². The van der Waals surface area contributed by atoms with E-state index in [-0.39, 0.29) is 17.9 Å². The van der Waals surface area contributed by atoms with Gasteiger partial charge in [-0.1, -0.05) is 41.6 Å². The zero-order valence-corrected chi connectivity index (χ0v) is 19.3. The predicted molar refractivity (Wildman–Crippen MR) is 121 cm³/mol. The number of rotatable bonds is 7. The Morgan fingerprint density at radius 2 is 2.07 bits per heavy atom. The Hall–Kier alpha value is -2.47. The van der Waals surface area contributed by atoms with Crippen molar-refractivity contribution in [2.24, 2.45) is 0 Å². The van der Waals surface area contributed by atoms with E-state index < -0.39 is 5.56 Å². The molecule has 2 aromatic carbocycles. The van der Waals surface area contributed by atoms with Crippen LogP contribution in [0.25, 0.3) is 11.3 Å². The first kappa shape index (κ1) is 22.2. The summed E-state index contributed by atoms with van der Waals surface area (Å²) in [4.78, 5) is 19.3. The lowest BCUT2D eigenvalue weighted by Gasteiger charge is -2.16. The Morgan fingerprint density at radius 3 is 2.73 bits per heavy atom. The van der Waals surface area contributed by atoms with Crippen LogP contribution in [0, 0.1) is 11.3 Å². The third-order valence-electron chi connectivity index (χ3n) is 4.12. The molecule has 30 heavy (non-hydrogen) atoms. The topological polar surface area (TPSA) is 88.0 Å². The Labute approximate surface area is 191 Å². The summed E-state index contributed by atoms with van der Waals surface area (Å²) in [5, 5.41) is 10.5. The normalized spacial score (nSPS) is 10.5. The third-order valence-corrected chi connectivity index (χ3v) is 5.65. The number of thioether (sulfide) groups is 1. The van der Waals surface area contributed by atoms with Gasteiger partial charge in [-0.05, 0) is 47.3 Å². The summed E-state index contributed by atoms with van der Waals surface area (Å²) < 4.78 is 12.4. The molecule has 0 saturated carbocycles. The fourth-order valence-corrected chi connectivity index (χ4v) is 3.86. The number of benzene rings is 2. The van der Waals surface area contributed by atoms with Gasteiger partial charge in [0.15, 0.2) is 16.7 Å². The van der Waals surface area contributed by atoms with Crippen LogP contribution in [0.5, 0.6) is 11.5 Å². The maximum Gasteiger partial charge on any atom is 0.270 e. The zero-order valence-electron chi connectivity index (χ0n) is 16.2. The average molecular weight is 507 g/mol. The van der Waals surface area contributed by atoms with Crippen molar-refractivity contribution in [3.63, 3.8) is 0 Å². The first-order valence-corrected chi connectivity index (χ1v) is 11.3. The van der Waals surface area contributed by atoms with E-state index >= 15 is 0 Å². The number of H-pyrrole nitrogens is 1. The molecule has 0 aliphatic heterocycles. The van der Waals surface area contributed by atoms with Crippen molar-refractivity contribution >= 4 is 39.3 Å². The molecule has 3 aromatic rings. The van der Waals surface area contributed by atoms with Crippen molar-refractivity contribution in [2.45, 2.75) is 18.7 Å². The molecule has 3 rings (SSSR count). The van der Waals surface area contributed by atoms with Crippen LogP contribution >= 0.6 is 39.3 Å². The number of nitrogens with one attached hydrogen (secondary N) is 1. The van der Waals surface area contributed by atoms with E-state index in [1.807, 2.05) is 31.2 Å². The second kappa shape index (κ2) is 10.0. The predicted octanol–water partition coefficient (Wildman–Crippen LogP) is 5.42. The van der Waals surface area contributed by atoms with Gasteiger partial charge in [-0.2, -0.15) is 5.26 Å². The van der Waals surface area contributed by atoms with Gasteiger partial charge < -0.3 is 14.5 Å². The lowest BCUT2D eigenvalue weighted by molar-refractivity contribution is 0.268. The standard InChI is InChI=1S/C21H17BrClN3O3S/c1-3-28-17-9-13(18-14(10-24)20(27)26-21(25-18)30-2)8-15(22)19(17)29-11-12-6-4-5-7-16(12)23/h4-9H,3,11H2,1-2H3,(H,25,26,27). The van der Waals surface area contributed by atoms with Gasteiger partial charge >= 0.3 is 0 Å². The number of ether oxygens (including phenoxy) is 2. The van der Waals surface area contributed by atoms with E-state index in [4.69, 9.17) is 21.1 Å². The third kappa shape index (κ3) is 4.81. The van der Waals surface area contributed by atoms with Gasteiger partial charge in [-0.3, -0.25) is 4.79 Å². The monoisotopic (exact) mass is 505 g/mol. The molecule has 1 N–H and O–H groups in total. The largest absolute Gasteiger partial charge is 0.490 e. The van der Waals surface area contributed by atoms with Gasteiger partial charge in [0.25, 0.3) is 5.56 Å². The number of aromatic amines is 1. The Balaban J connectivity index is 2.06. The maximum absolute atomic E-state index is 12.3. The number of hydrogen-bond donors (Lipinski definition) is 1. The van der Waals surface area contributed by atoms with E-state index in [0.29, 0.717) is 38.3 Å². The average Bonchev–Trinajstić information content (AvgIpc) is 2.73. The van der Waals surface area contributed by atoms with Gasteiger partial charge in [0.05, 0.1) is 16.8 Å². The minimum Gasteiger partial charge on any atom is -0.490 e. The number of nitrogens with zero attached hydrogens (tertiary/aromatic N) is 2. The highest BCUT2D eigenvalue weighted by atomic mass is 79.9. The van der Waals surface area contributed by atoms with E-state index in [9.17, 15) is 10.1 Å². The van der Waals surface area contributed by atoms with E-state index in [1.54, 1.807) is 24.5 Å². The van der Waals surface area contributed by atoms with Crippen LogP contribution in [-0.4, -0.2) is 22.8 Å². The first-order chi connectivity index (χ1) is 14.5. The van der Waals surface area contributed by atoms with Gasteiger partial charge in [-0.25, -0.2) is 4.98 Å². The molecular formula is C21H17BrClN3O3S. The number of aromatic nitrogens is 2. The van der Waals surface area contributed by atoms with Crippen molar-refractivity contribution in [2.75, 3.05) is 12.9 Å². The summed E-state index contributed by atoms with van der Waals surface area (Å²) >= 11 is 11.0. The smallest absolute Gasteiger partial charge is 0.270 e. The van der Waals surface area contributed by atoms with Crippen molar-refractivity contribution in [3.05, 3.63) is 67.4 Å². The molecule has 9 heteroatoms. The van der Waals surface area contributed by atoms with Crippen LogP contribution in [0.1, 0.15) is 18.1 Å². The zero-order chi connectivity index (χ0) is 21.7. The maximum atomic E-state index is 12.3. The fraction of sp³-hybridized carbons (Fsp3) is 0.190. The highest BCUT2D eigenvalue weighted by Gasteiger charge is 2.19. The van der Waals surface area contributed by atoms with Crippen molar-refractivity contribution in [1.29, 1.82) is 5.26 Å². The minimum atomic E-state index is -0.486. The summed E-state index contributed by atoms with van der Waals surface area (Å²) in [7, 11) is 0. The summed E-state index contributed by atoms with van der Waals surface area (Å²) in [6.45, 7) is 2.51. The summed E-state index contributed by atoms with van der Waals surface area (Å²) in [6.07, 6.45) is 1.79. The highest BCUT2D eigenvalue weighted by Crippen LogP contribution is 2.40. The molecule has 0 unspecified atom stereocenters. The van der Waals surface area contributed by atoms with Crippen LogP contribution in [0.3, 0.4) is 0 Å². The van der Waals surface area contributed by atoms with Gasteiger partial charge in [-0.15, -0.1) is 0 Å². The Bertz CT molecular complexity index is 1180. The number of hydrogen-bond acceptors (Lipinski definition) is 6. The minimum absolute atomic E-state index is 0.0631. The van der Waals surface area contributed by atoms with Crippen molar-refractivity contribution in [1.82, 2.24) is 9.97 Å². The van der Waals surface area contributed by atoms with Crippen molar-refractivity contribution in [3.8, 4) is 28.8 Å². The SMILES string of the molecule is CCOc1cc(-c2nc(SC)[nH]c(=O)c2C#N)cc(Br)c1OCc1ccccc1Cl. The number of halogens is 2. The van der Waals surface area contributed by atoms with Crippen LogP contribution in [0.15, 0.2) is 50.8 Å². The van der Waals surface area contributed by atoms with Crippen LogP contribution < -0.4 is 15.0 Å². The molecule has 0 aliphatic rings. The molecule has 0 radical (unpaired) electrons. The molecule has 0 fully saturated rings. The quantitative estimate of drug-likeness (QED) is 0.340. The van der Waals surface area contributed by atoms with E-state index in [2.05, 4.69) is 25.9 Å².